The summed E-state index contributed by atoms with van der Waals surface area (Å²) in [6, 6.07) is 7.29. The number of rotatable bonds is 3. The lowest BCUT2D eigenvalue weighted by molar-refractivity contribution is 0.0691. The van der Waals surface area contributed by atoms with Crippen LogP contribution in [0.1, 0.15) is 15.9 Å². The highest BCUT2D eigenvalue weighted by Crippen LogP contribution is 2.23. The SMILES string of the molecule is O=C(O)c1cc(Cn2c(=O)[nH]c(=O)c3c4cc(F)ccc4[nH]c32)ccc1F. The van der Waals surface area contributed by atoms with E-state index in [2.05, 4.69) is 9.97 Å². The van der Waals surface area contributed by atoms with Crippen LogP contribution in [0.25, 0.3) is 21.9 Å². The number of benzene rings is 2. The Kier molecular flexibility index (Phi) is 3.65. The molecule has 0 unspecified atom stereocenters. The summed E-state index contributed by atoms with van der Waals surface area (Å²) in [5, 5.41) is 9.45. The molecule has 2 aromatic heterocycles. The summed E-state index contributed by atoms with van der Waals surface area (Å²) >= 11 is 0. The molecule has 2 aromatic carbocycles. The predicted molar refractivity (Wildman–Crippen MR) is 93.1 cm³/mol. The Hall–Kier alpha value is -3.75. The maximum atomic E-state index is 13.6. The van der Waals surface area contributed by atoms with Gasteiger partial charge in [0.25, 0.3) is 5.56 Å². The number of carbonyl (C=O) groups is 1. The minimum absolute atomic E-state index is 0.102. The number of aromatic amines is 2. The van der Waals surface area contributed by atoms with E-state index in [9.17, 15) is 23.2 Å². The second-order valence-electron chi connectivity index (χ2n) is 6.00. The van der Waals surface area contributed by atoms with Crippen molar-refractivity contribution in [2.75, 3.05) is 0 Å². The number of H-pyrrole nitrogens is 2. The molecular weight excluding hydrogens is 360 g/mol. The number of aromatic carboxylic acids is 1. The van der Waals surface area contributed by atoms with E-state index in [-0.39, 0.29) is 17.6 Å². The van der Waals surface area contributed by atoms with Gasteiger partial charge in [-0.1, -0.05) is 6.07 Å². The van der Waals surface area contributed by atoms with Crippen molar-refractivity contribution in [3.05, 3.63) is 80.0 Å². The summed E-state index contributed by atoms with van der Waals surface area (Å²) in [6.45, 7) is -0.123. The molecule has 3 N–H and O–H groups in total. The number of nitrogens with zero attached hydrogens (tertiary/aromatic N) is 1. The first-order valence-electron chi connectivity index (χ1n) is 7.81. The lowest BCUT2D eigenvalue weighted by Gasteiger charge is -2.08. The first kappa shape index (κ1) is 16.7. The number of aromatic nitrogens is 3. The Morgan fingerprint density at radius 3 is 2.59 bits per heavy atom. The van der Waals surface area contributed by atoms with Crippen molar-refractivity contribution in [3.8, 4) is 0 Å². The number of hydrogen-bond donors (Lipinski definition) is 3. The number of carboxylic acids is 1. The van der Waals surface area contributed by atoms with Crippen molar-refractivity contribution in [2.24, 2.45) is 0 Å². The molecule has 0 aliphatic heterocycles. The molecular formula is C18H11F2N3O4. The second-order valence-corrected chi connectivity index (χ2v) is 6.00. The smallest absolute Gasteiger partial charge is 0.338 e. The number of hydrogen-bond acceptors (Lipinski definition) is 3. The van der Waals surface area contributed by atoms with Crippen LogP contribution in [-0.4, -0.2) is 25.6 Å². The van der Waals surface area contributed by atoms with Gasteiger partial charge in [0.1, 0.15) is 17.3 Å². The minimum Gasteiger partial charge on any atom is -0.478 e. The quantitative estimate of drug-likeness (QED) is 0.513. The molecule has 27 heavy (non-hydrogen) atoms. The fraction of sp³-hybridized carbons (Fsp3) is 0.0556. The van der Waals surface area contributed by atoms with E-state index in [4.69, 9.17) is 5.11 Å². The normalized spacial score (nSPS) is 11.3. The van der Waals surface area contributed by atoms with Crippen molar-refractivity contribution < 1.29 is 18.7 Å². The summed E-state index contributed by atoms with van der Waals surface area (Å²) in [7, 11) is 0. The molecule has 4 rings (SSSR count). The van der Waals surface area contributed by atoms with Gasteiger partial charge in [-0.25, -0.2) is 18.4 Å². The topological polar surface area (TPSA) is 108 Å². The summed E-state index contributed by atoms with van der Waals surface area (Å²) < 4.78 is 28.3. The van der Waals surface area contributed by atoms with Crippen LogP contribution in [0, 0.1) is 11.6 Å². The van der Waals surface area contributed by atoms with Crippen molar-refractivity contribution in [1.29, 1.82) is 0 Å². The van der Waals surface area contributed by atoms with E-state index >= 15 is 0 Å². The van der Waals surface area contributed by atoms with Gasteiger partial charge in [-0.3, -0.25) is 14.3 Å². The molecule has 0 spiro atoms. The molecule has 7 nitrogen and oxygen atoms in total. The van der Waals surface area contributed by atoms with Crippen LogP contribution in [0.4, 0.5) is 8.78 Å². The van der Waals surface area contributed by atoms with E-state index < -0.39 is 34.4 Å². The molecule has 0 atom stereocenters. The molecule has 0 saturated carbocycles. The van der Waals surface area contributed by atoms with Crippen LogP contribution in [0.3, 0.4) is 0 Å². The minimum atomic E-state index is -1.44. The van der Waals surface area contributed by atoms with Gasteiger partial charge in [0.05, 0.1) is 17.5 Å². The Bertz CT molecular complexity index is 1350. The average molecular weight is 371 g/mol. The van der Waals surface area contributed by atoms with E-state index in [1.807, 2.05) is 0 Å². The van der Waals surface area contributed by atoms with Crippen LogP contribution in [-0.2, 0) is 6.54 Å². The van der Waals surface area contributed by atoms with E-state index in [1.165, 1.54) is 28.8 Å². The van der Waals surface area contributed by atoms with Gasteiger partial charge in [-0.15, -0.1) is 0 Å². The molecule has 0 saturated heterocycles. The zero-order valence-electron chi connectivity index (χ0n) is 13.5. The highest BCUT2D eigenvalue weighted by molar-refractivity contribution is 6.05. The van der Waals surface area contributed by atoms with Crippen molar-refractivity contribution in [1.82, 2.24) is 14.5 Å². The van der Waals surface area contributed by atoms with Gasteiger partial charge in [-0.2, -0.15) is 0 Å². The largest absolute Gasteiger partial charge is 0.478 e. The summed E-state index contributed by atoms with van der Waals surface area (Å²) in [6.07, 6.45) is 0. The zero-order chi connectivity index (χ0) is 19.3. The molecule has 4 aromatic rings. The number of nitrogens with one attached hydrogen (secondary N) is 2. The number of halogens is 2. The fourth-order valence-electron chi connectivity index (χ4n) is 3.08. The van der Waals surface area contributed by atoms with Gasteiger partial charge < -0.3 is 10.1 Å². The third kappa shape index (κ3) is 2.69. The molecule has 0 fully saturated rings. The fourth-order valence-corrected chi connectivity index (χ4v) is 3.08. The molecule has 0 aliphatic rings. The van der Waals surface area contributed by atoms with Crippen LogP contribution in [0.5, 0.6) is 0 Å². The maximum absolute atomic E-state index is 13.6. The molecule has 0 aliphatic carbocycles. The van der Waals surface area contributed by atoms with E-state index in [0.717, 1.165) is 12.1 Å². The average Bonchev–Trinajstić information content (AvgIpc) is 2.98. The van der Waals surface area contributed by atoms with Gasteiger partial charge in [0.2, 0.25) is 0 Å². The number of fused-ring (bicyclic) bond motifs is 3. The van der Waals surface area contributed by atoms with Gasteiger partial charge in [-0.05, 0) is 35.9 Å². The van der Waals surface area contributed by atoms with Crippen LogP contribution in [0.15, 0.2) is 46.0 Å². The van der Waals surface area contributed by atoms with Gasteiger partial charge in [0.15, 0.2) is 0 Å². The summed E-state index contributed by atoms with van der Waals surface area (Å²) in [5.74, 6) is -2.87. The third-order valence-corrected chi connectivity index (χ3v) is 4.31. The van der Waals surface area contributed by atoms with Crippen molar-refractivity contribution in [3.63, 3.8) is 0 Å². The van der Waals surface area contributed by atoms with Crippen molar-refractivity contribution >= 4 is 27.9 Å². The second kappa shape index (κ2) is 5.90. The lowest BCUT2D eigenvalue weighted by Crippen LogP contribution is -2.30. The molecule has 9 heteroatoms. The van der Waals surface area contributed by atoms with E-state index in [0.29, 0.717) is 16.5 Å². The Morgan fingerprint density at radius 1 is 1.07 bits per heavy atom. The Balaban J connectivity index is 1.96. The Labute approximate surface area is 148 Å². The molecule has 0 amide bonds. The van der Waals surface area contributed by atoms with Crippen molar-refractivity contribution in [2.45, 2.75) is 6.54 Å². The van der Waals surface area contributed by atoms with Crippen LogP contribution < -0.4 is 11.2 Å². The van der Waals surface area contributed by atoms with Gasteiger partial charge >= 0.3 is 11.7 Å². The summed E-state index contributed by atoms with van der Waals surface area (Å²) in [4.78, 5) is 40.7. The third-order valence-electron chi connectivity index (χ3n) is 4.31. The molecule has 0 radical (unpaired) electrons. The highest BCUT2D eigenvalue weighted by atomic mass is 19.1. The molecule has 136 valence electrons. The zero-order valence-corrected chi connectivity index (χ0v) is 13.5. The maximum Gasteiger partial charge on any atom is 0.338 e. The summed E-state index contributed by atoms with van der Waals surface area (Å²) in [5.41, 5.74) is -0.977. The Morgan fingerprint density at radius 2 is 1.85 bits per heavy atom. The number of carboxylic acid groups (broad SMARTS) is 1. The van der Waals surface area contributed by atoms with E-state index in [1.54, 1.807) is 0 Å². The van der Waals surface area contributed by atoms with Crippen LogP contribution >= 0.6 is 0 Å². The molecule has 2 heterocycles. The standard InChI is InChI=1S/C18H11F2N3O4/c19-9-2-4-13-11(6-9)14-15(21-13)23(18(27)22-16(14)24)7-8-1-3-12(20)10(5-8)17(25)26/h1-6,21H,7H2,(H,25,26)(H,22,24,27). The first-order valence-corrected chi connectivity index (χ1v) is 7.81. The first-order chi connectivity index (χ1) is 12.8. The molecule has 0 bridgehead atoms. The highest BCUT2D eigenvalue weighted by Gasteiger charge is 2.16. The van der Waals surface area contributed by atoms with Crippen LogP contribution in [0.2, 0.25) is 0 Å². The predicted octanol–water partition coefficient (Wildman–Crippen LogP) is 2.20. The monoisotopic (exact) mass is 371 g/mol. The van der Waals surface area contributed by atoms with Gasteiger partial charge in [0, 0.05) is 10.9 Å². The lowest BCUT2D eigenvalue weighted by atomic mass is 10.1.